The molecule has 0 N–H and O–H groups in total. The summed E-state index contributed by atoms with van der Waals surface area (Å²) < 4.78 is 5.47. The Hall–Kier alpha value is -1.22. The van der Waals surface area contributed by atoms with Crippen LogP contribution in [0.2, 0.25) is 0 Å². The Kier molecular flexibility index (Phi) is 3.34. The summed E-state index contributed by atoms with van der Waals surface area (Å²) in [6.45, 7) is 0. The topological polar surface area (TPSA) is 39.2 Å². The number of methoxy groups -OCH3 is 1. The lowest BCUT2D eigenvalue weighted by Crippen LogP contribution is -2.38. The van der Waals surface area contributed by atoms with E-state index in [9.17, 15) is 4.79 Å². The van der Waals surface area contributed by atoms with Crippen LogP contribution in [0.3, 0.4) is 0 Å². The van der Waals surface area contributed by atoms with E-state index in [0.717, 1.165) is 31.2 Å². The second-order valence-electron chi connectivity index (χ2n) is 4.36. The summed E-state index contributed by atoms with van der Waals surface area (Å²) >= 11 is 0. The molecular formula is C13H17NO2. The van der Waals surface area contributed by atoms with Gasteiger partial charge in [0, 0.05) is 25.9 Å². The molecule has 0 aliphatic heterocycles. The van der Waals surface area contributed by atoms with Crippen LogP contribution in [0.4, 0.5) is 0 Å². The van der Waals surface area contributed by atoms with E-state index in [-0.39, 0.29) is 5.78 Å². The zero-order valence-corrected chi connectivity index (χ0v) is 9.61. The molecule has 1 aliphatic rings. The second-order valence-corrected chi connectivity index (χ2v) is 4.36. The molecule has 16 heavy (non-hydrogen) atoms. The number of nitrogens with zero attached hydrogens (tertiary/aromatic N) is 1. The molecule has 1 saturated carbocycles. The average molecular weight is 219 g/mol. The van der Waals surface area contributed by atoms with Gasteiger partial charge in [0.15, 0.2) is 5.78 Å². The van der Waals surface area contributed by atoms with Gasteiger partial charge in [0.1, 0.15) is 5.60 Å². The molecule has 0 aromatic carbocycles. The normalized spacial score (nSPS) is 18.6. The lowest BCUT2D eigenvalue weighted by atomic mass is 9.92. The Balaban J connectivity index is 2.07. The number of pyridine rings is 1. The molecule has 0 saturated heterocycles. The van der Waals surface area contributed by atoms with Crippen LogP contribution in [0.5, 0.6) is 0 Å². The highest BCUT2D eigenvalue weighted by molar-refractivity contribution is 5.89. The molecule has 86 valence electrons. The molecule has 0 amide bonds. The fourth-order valence-corrected chi connectivity index (χ4v) is 2.39. The number of rotatable bonds is 4. The maximum Gasteiger partial charge on any atom is 0.168 e. The van der Waals surface area contributed by atoms with Crippen LogP contribution in [0.1, 0.15) is 31.2 Å². The molecule has 0 bridgehead atoms. The van der Waals surface area contributed by atoms with Crippen molar-refractivity contribution < 1.29 is 9.53 Å². The van der Waals surface area contributed by atoms with E-state index in [1.807, 2.05) is 12.1 Å². The van der Waals surface area contributed by atoms with Crippen LogP contribution < -0.4 is 0 Å². The molecular weight excluding hydrogens is 202 g/mol. The molecule has 1 heterocycles. The van der Waals surface area contributed by atoms with Gasteiger partial charge >= 0.3 is 0 Å². The maximum atomic E-state index is 12.2. The molecule has 1 aromatic heterocycles. The summed E-state index contributed by atoms with van der Waals surface area (Å²) in [4.78, 5) is 16.2. The number of hydrogen-bond donors (Lipinski definition) is 0. The molecule has 0 spiro atoms. The van der Waals surface area contributed by atoms with Crippen molar-refractivity contribution in [3.8, 4) is 0 Å². The first-order valence-corrected chi connectivity index (χ1v) is 5.74. The largest absolute Gasteiger partial charge is 0.370 e. The van der Waals surface area contributed by atoms with E-state index < -0.39 is 5.60 Å². The van der Waals surface area contributed by atoms with Gasteiger partial charge in [0.25, 0.3) is 0 Å². The number of ether oxygens (including phenoxy) is 1. The van der Waals surface area contributed by atoms with Gasteiger partial charge in [-0.05, 0) is 43.4 Å². The quantitative estimate of drug-likeness (QED) is 0.779. The molecule has 1 aliphatic carbocycles. The van der Waals surface area contributed by atoms with Crippen molar-refractivity contribution in [1.29, 1.82) is 0 Å². The summed E-state index contributed by atoms with van der Waals surface area (Å²) in [5.41, 5.74) is 0.506. The van der Waals surface area contributed by atoms with E-state index in [1.54, 1.807) is 19.5 Å². The van der Waals surface area contributed by atoms with Gasteiger partial charge < -0.3 is 4.74 Å². The minimum atomic E-state index is -0.511. The first kappa shape index (κ1) is 11.3. The second kappa shape index (κ2) is 4.74. The number of aromatic nitrogens is 1. The third kappa shape index (κ3) is 2.14. The number of hydrogen-bond acceptors (Lipinski definition) is 3. The van der Waals surface area contributed by atoms with Crippen molar-refractivity contribution in [2.24, 2.45) is 0 Å². The first-order valence-electron chi connectivity index (χ1n) is 5.74. The van der Waals surface area contributed by atoms with Crippen molar-refractivity contribution in [2.75, 3.05) is 7.11 Å². The van der Waals surface area contributed by atoms with E-state index >= 15 is 0 Å². The smallest absolute Gasteiger partial charge is 0.168 e. The minimum absolute atomic E-state index is 0.207. The van der Waals surface area contributed by atoms with E-state index in [1.165, 1.54) is 0 Å². The number of carbonyl (C=O) groups is 1. The van der Waals surface area contributed by atoms with Gasteiger partial charge in [-0.1, -0.05) is 0 Å². The van der Waals surface area contributed by atoms with Crippen LogP contribution in [0, 0.1) is 0 Å². The van der Waals surface area contributed by atoms with Gasteiger partial charge in [-0.25, -0.2) is 0 Å². The number of ketones is 1. The highest BCUT2D eigenvalue weighted by atomic mass is 16.5. The third-order valence-corrected chi connectivity index (χ3v) is 3.42. The predicted octanol–water partition coefficient (Wildman–Crippen LogP) is 2.15. The monoisotopic (exact) mass is 219 g/mol. The van der Waals surface area contributed by atoms with Crippen LogP contribution >= 0.6 is 0 Å². The van der Waals surface area contributed by atoms with Gasteiger partial charge in [-0.3, -0.25) is 9.78 Å². The van der Waals surface area contributed by atoms with Crippen molar-refractivity contribution in [3.05, 3.63) is 30.1 Å². The zero-order chi connectivity index (χ0) is 11.4. The Bertz CT molecular complexity index is 355. The van der Waals surface area contributed by atoms with Crippen molar-refractivity contribution >= 4 is 5.78 Å². The van der Waals surface area contributed by atoms with Crippen molar-refractivity contribution in [1.82, 2.24) is 4.98 Å². The van der Waals surface area contributed by atoms with E-state index in [4.69, 9.17) is 4.74 Å². The van der Waals surface area contributed by atoms with Crippen LogP contribution in [0.15, 0.2) is 24.5 Å². The predicted molar refractivity (Wildman–Crippen MR) is 61.2 cm³/mol. The average Bonchev–Trinajstić information content (AvgIpc) is 2.80. The Morgan fingerprint density at radius 1 is 1.38 bits per heavy atom. The Morgan fingerprint density at radius 2 is 2.00 bits per heavy atom. The fourth-order valence-electron chi connectivity index (χ4n) is 2.39. The Morgan fingerprint density at radius 3 is 2.56 bits per heavy atom. The SMILES string of the molecule is COC1(C(=O)Cc2ccncc2)CCCC1. The summed E-state index contributed by atoms with van der Waals surface area (Å²) in [6, 6.07) is 3.77. The molecule has 3 nitrogen and oxygen atoms in total. The number of Topliss-reactive ketones (excluding diaryl/α,β-unsaturated/α-hetero) is 1. The summed E-state index contributed by atoms with van der Waals surface area (Å²) in [5, 5.41) is 0. The van der Waals surface area contributed by atoms with Gasteiger partial charge in [-0.2, -0.15) is 0 Å². The van der Waals surface area contributed by atoms with Gasteiger partial charge in [0.05, 0.1) is 0 Å². The van der Waals surface area contributed by atoms with Gasteiger partial charge in [0.2, 0.25) is 0 Å². The highest BCUT2D eigenvalue weighted by Gasteiger charge is 2.40. The van der Waals surface area contributed by atoms with Crippen LogP contribution in [0.25, 0.3) is 0 Å². The highest BCUT2D eigenvalue weighted by Crippen LogP contribution is 2.34. The molecule has 0 atom stereocenters. The third-order valence-electron chi connectivity index (χ3n) is 3.42. The summed E-state index contributed by atoms with van der Waals surface area (Å²) in [5.74, 6) is 0.207. The molecule has 0 radical (unpaired) electrons. The Labute approximate surface area is 95.8 Å². The first-order chi connectivity index (χ1) is 7.77. The molecule has 3 heteroatoms. The number of carbonyl (C=O) groups excluding carboxylic acids is 1. The summed E-state index contributed by atoms with van der Waals surface area (Å²) in [7, 11) is 1.65. The van der Waals surface area contributed by atoms with Crippen molar-refractivity contribution in [3.63, 3.8) is 0 Å². The maximum absolute atomic E-state index is 12.2. The zero-order valence-electron chi connectivity index (χ0n) is 9.61. The van der Waals surface area contributed by atoms with E-state index in [0.29, 0.717) is 6.42 Å². The lowest BCUT2D eigenvalue weighted by molar-refractivity contribution is -0.139. The fraction of sp³-hybridized carbons (Fsp3) is 0.538. The van der Waals surface area contributed by atoms with Crippen LogP contribution in [-0.4, -0.2) is 23.5 Å². The molecule has 1 aromatic rings. The standard InChI is InChI=1S/C13H17NO2/c1-16-13(6-2-3-7-13)12(15)10-11-4-8-14-9-5-11/h4-5,8-9H,2-3,6-7,10H2,1H3. The minimum Gasteiger partial charge on any atom is -0.370 e. The van der Waals surface area contributed by atoms with Gasteiger partial charge in [-0.15, -0.1) is 0 Å². The van der Waals surface area contributed by atoms with Crippen molar-refractivity contribution in [2.45, 2.75) is 37.7 Å². The lowest BCUT2D eigenvalue weighted by Gasteiger charge is -2.25. The molecule has 2 rings (SSSR count). The molecule has 1 fully saturated rings. The van der Waals surface area contributed by atoms with Crippen LogP contribution in [-0.2, 0) is 16.0 Å². The summed E-state index contributed by atoms with van der Waals surface area (Å²) in [6.07, 6.45) is 7.82. The molecule has 0 unspecified atom stereocenters. The van der Waals surface area contributed by atoms with E-state index in [2.05, 4.69) is 4.98 Å².